The lowest BCUT2D eigenvalue weighted by atomic mass is 10.2. The second-order valence-corrected chi connectivity index (χ2v) is 4.23. The summed E-state index contributed by atoms with van der Waals surface area (Å²) in [6, 6.07) is 13.1. The first-order valence-corrected chi connectivity index (χ1v) is 6.53. The molecule has 102 valence electrons. The fourth-order valence-electron chi connectivity index (χ4n) is 1.67. The monoisotopic (exact) mass is 268 g/mol. The Morgan fingerprint density at radius 1 is 1.10 bits per heavy atom. The molecule has 0 saturated carbocycles. The summed E-state index contributed by atoms with van der Waals surface area (Å²) in [5.41, 5.74) is 1.18. The Bertz CT molecular complexity index is 588. The van der Waals surface area contributed by atoms with E-state index < -0.39 is 0 Å². The zero-order chi connectivity index (χ0) is 14.2. The Morgan fingerprint density at radius 3 is 2.45 bits per heavy atom. The minimum Gasteiger partial charge on any atom is -0.494 e. The Morgan fingerprint density at radius 2 is 1.80 bits per heavy atom. The molecule has 2 rings (SSSR count). The number of nitriles is 1. The topological polar surface area (TPSA) is 55.1 Å². The Labute approximate surface area is 118 Å². The lowest BCUT2D eigenvalue weighted by molar-refractivity contribution is 0.300. The predicted molar refractivity (Wildman–Crippen MR) is 75.5 cm³/mol. The number of pyridine rings is 1. The normalized spacial score (nSPS) is 9.80. The number of rotatable bonds is 6. The second kappa shape index (κ2) is 7.15. The molecule has 0 bridgehead atoms. The van der Waals surface area contributed by atoms with Crippen LogP contribution in [0.3, 0.4) is 0 Å². The first-order valence-electron chi connectivity index (χ1n) is 6.53. The van der Waals surface area contributed by atoms with Crippen LogP contribution in [0.2, 0.25) is 0 Å². The van der Waals surface area contributed by atoms with Crippen molar-refractivity contribution in [3.63, 3.8) is 0 Å². The Kier molecular flexibility index (Phi) is 4.96. The van der Waals surface area contributed by atoms with Crippen molar-refractivity contribution >= 4 is 0 Å². The van der Waals surface area contributed by atoms with Gasteiger partial charge in [0.1, 0.15) is 29.9 Å². The third-order valence-electron chi connectivity index (χ3n) is 2.69. The van der Waals surface area contributed by atoms with Gasteiger partial charge < -0.3 is 9.47 Å². The van der Waals surface area contributed by atoms with Gasteiger partial charge in [0, 0.05) is 11.8 Å². The van der Waals surface area contributed by atoms with E-state index in [1.54, 1.807) is 12.3 Å². The zero-order valence-electron chi connectivity index (χ0n) is 11.4. The van der Waals surface area contributed by atoms with Gasteiger partial charge in [-0.05, 0) is 36.8 Å². The minimum absolute atomic E-state index is 0.325. The van der Waals surface area contributed by atoms with Crippen LogP contribution in [0.5, 0.6) is 11.5 Å². The van der Waals surface area contributed by atoms with E-state index in [9.17, 15) is 0 Å². The number of aromatic nitrogens is 1. The molecule has 1 heterocycles. The van der Waals surface area contributed by atoms with E-state index in [1.165, 1.54) is 0 Å². The Hall–Kier alpha value is -2.54. The van der Waals surface area contributed by atoms with Crippen molar-refractivity contribution in [3.8, 4) is 17.6 Å². The molecular weight excluding hydrogens is 252 g/mol. The molecule has 0 saturated heterocycles. The molecule has 2 aromatic rings. The van der Waals surface area contributed by atoms with E-state index in [-0.39, 0.29) is 0 Å². The lowest BCUT2D eigenvalue weighted by Crippen LogP contribution is -2.00. The summed E-state index contributed by atoms with van der Waals surface area (Å²) in [5, 5.41) is 8.95. The summed E-state index contributed by atoms with van der Waals surface area (Å²) in [6.07, 6.45) is 2.58. The van der Waals surface area contributed by atoms with E-state index in [2.05, 4.69) is 18.0 Å². The van der Waals surface area contributed by atoms with Crippen LogP contribution in [0.4, 0.5) is 0 Å². The maximum atomic E-state index is 8.95. The highest BCUT2D eigenvalue weighted by Crippen LogP contribution is 2.19. The molecule has 0 aliphatic rings. The maximum Gasteiger partial charge on any atom is 0.147 e. The van der Waals surface area contributed by atoms with Gasteiger partial charge in [-0.15, -0.1) is 0 Å². The zero-order valence-corrected chi connectivity index (χ0v) is 11.4. The first-order chi connectivity index (χ1) is 9.83. The summed E-state index contributed by atoms with van der Waals surface area (Å²) in [7, 11) is 0. The highest BCUT2D eigenvalue weighted by molar-refractivity contribution is 5.33. The standard InChI is InChI=1S/C16H16N2O2/c1-2-10-19-14-5-7-15(8-6-14)20-12-13-4-3-9-18-16(13)11-17/h3-9H,2,10,12H2,1H3. The lowest BCUT2D eigenvalue weighted by Gasteiger charge is -2.08. The van der Waals surface area contributed by atoms with Crippen molar-refractivity contribution in [1.29, 1.82) is 5.26 Å². The smallest absolute Gasteiger partial charge is 0.147 e. The number of ether oxygens (including phenoxy) is 2. The highest BCUT2D eigenvalue weighted by atomic mass is 16.5. The fraction of sp³-hybridized carbons (Fsp3) is 0.250. The van der Waals surface area contributed by atoms with Gasteiger partial charge in [-0.25, -0.2) is 4.98 Å². The summed E-state index contributed by atoms with van der Waals surface area (Å²) >= 11 is 0. The summed E-state index contributed by atoms with van der Waals surface area (Å²) in [6.45, 7) is 3.10. The molecule has 0 fully saturated rings. The SMILES string of the molecule is CCCOc1ccc(OCc2cccnc2C#N)cc1. The van der Waals surface area contributed by atoms with Gasteiger partial charge in [0.2, 0.25) is 0 Å². The van der Waals surface area contributed by atoms with Crippen LogP contribution in [0.15, 0.2) is 42.6 Å². The molecule has 0 atom stereocenters. The molecule has 1 aromatic carbocycles. The van der Waals surface area contributed by atoms with E-state index in [4.69, 9.17) is 14.7 Å². The summed E-state index contributed by atoms with van der Waals surface area (Å²) < 4.78 is 11.1. The van der Waals surface area contributed by atoms with Gasteiger partial charge in [-0.2, -0.15) is 5.26 Å². The van der Waals surface area contributed by atoms with Gasteiger partial charge >= 0.3 is 0 Å². The van der Waals surface area contributed by atoms with E-state index >= 15 is 0 Å². The maximum absolute atomic E-state index is 8.95. The van der Waals surface area contributed by atoms with Crippen molar-refractivity contribution in [1.82, 2.24) is 4.98 Å². The molecule has 0 radical (unpaired) electrons. The number of hydrogen-bond donors (Lipinski definition) is 0. The molecule has 4 heteroatoms. The minimum atomic E-state index is 0.325. The number of nitrogens with zero attached hydrogens (tertiary/aromatic N) is 2. The Balaban J connectivity index is 1.95. The largest absolute Gasteiger partial charge is 0.494 e. The van der Waals surface area contributed by atoms with Crippen LogP contribution in [-0.2, 0) is 6.61 Å². The van der Waals surface area contributed by atoms with Crippen molar-refractivity contribution in [2.75, 3.05) is 6.61 Å². The van der Waals surface area contributed by atoms with Crippen LogP contribution in [-0.4, -0.2) is 11.6 Å². The first kappa shape index (κ1) is 13.9. The van der Waals surface area contributed by atoms with E-state index in [0.29, 0.717) is 18.9 Å². The van der Waals surface area contributed by atoms with Gasteiger partial charge in [0.15, 0.2) is 0 Å². The van der Waals surface area contributed by atoms with Crippen molar-refractivity contribution in [2.45, 2.75) is 20.0 Å². The average Bonchev–Trinajstić information content (AvgIpc) is 2.52. The molecule has 0 spiro atoms. The quantitative estimate of drug-likeness (QED) is 0.806. The van der Waals surface area contributed by atoms with Crippen LogP contribution in [0, 0.1) is 11.3 Å². The van der Waals surface area contributed by atoms with E-state index in [0.717, 1.165) is 23.5 Å². The van der Waals surface area contributed by atoms with Crippen molar-refractivity contribution in [2.24, 2.45) is 0 Å². The van der Waals surface area contributed by atoms with Crippen LogP contribution >= 0.6 is 0 Å². The fourth-order valence-corrected chi connectivity index (χ4v) is 1.67. The second-order valence-electron chi connectivity index (χ2n) is 4.23. The average molecular weight is 268 g/mol. The summed E-state index contributed by atoms with van der Waals surface area (Å²) in [5.74, 6) is 1.57. The highest BCUT2D eigenvalue weighted by Gasteiger charge is 2.03. The number of hydrogen-bond acceptors (Lipinski definition) is 4. The molecule has 1 aromatic heterocycles. The van der Waals surface area contributed by atoms with Crippen molar-refractivity contribution < 1.29 is 9.47 Å². The molecule has 0 aliphatic heterocycles. The van der Waals surface area contributed by atoms with Crippen LogP contribution in [0.1, 0.15) is 24.6 Å². The van der Waals surface area contributed by atoms with Gasteiger partial charge in [0.25, 0.3) is 0 Å². The molecule has 0 amide bonds. The molecular formula is C16H16N2O2. The molecule has 0 aliphatic carbocycles. The van der Waals surface area contributed by atoms with Gasteiger partial charge in [0.05, 0.1) is 6.61 Å². The van der Waals surface area contributed by atoms with Crippen molar-refractivity contribution in [3.05, 3.63) is 53.9 Å². The van der Waals surface area contributed by atoms with Crippen LogP contribution in [0.25, 0.3) is 0 Å². The van der Waals surface area contributed by atoms with E-state index in [1.807, 2.05) is 30.3 Å². The third kappa shape index (κ3) is 3.72. The molecule has 0 N–H and O–H groups in total. The molecule has 20 heavy (non-hydrogen) atoms. The predicted octanol–water partition coefficient (Wildman–Crippen LogP) is 3.32. The molecule has 0 unspecified atom stereocenters. The number of benzene rings is 1. The third-order valence-corrected chi connectivity index (χ3v) is 2.69. The van der Waals surface area contributed by atoms with Crippen LogP contribution < -0.4 is 9.47 Å². The van der Waals surface area contributed by atoms with Gasteiger partial charge in [-0.1, -0.05) is 13.0 Å². The van der Waals surface area contributed by atoms with Gasteiger partial charge in [-0.3, -0.25) is 0 Å². The summed E-state index contributed by atoms with van der Waals surface area (Å²) in [4.78, 5) is 4.00. The molecule has 4 nitrogen and oxygen atoms in total.